The average Bonchev–Trinajstić information content (AvgIpc) is 1.81. The number of hydrogen-bond donors (Lipinski definition) is 2. The predicted octanol–water partition coefficient (Wildman–Crippen LogP) is -0.321. The van der Waals surface area contributed by atoms with E-state index in [1.54, 1.807) is 12.4 Å². The molecule has 0 aromatic carbocycles. The SMILES string of the molecule is C[NH2+]C(CC(C)C)C(=O)O. The molecule has 1 atom stereocenters. The number of likely N-dealkylation sites (N-methyl/N-ethyl adjacent to an activating group) is 1. The zero-order valence-corrected chi connectivity index (χ0v) is 6.79. The van der Waals surface area contributed by atoms with Gasteiger partial charge < -0.3 is 10.4 Å². The van der Waals surface area contributed by atoms with Crippen molar-refractivity contribution in [1.82, 2.24) is 0 Å². The Kier molecular flexibility index (Phi) is 4.03. The summed E-state index contributed by atoms with van der Waals surface area (Å²) < 4.78 is 0. The van der Waals surface area contributed by atoms with Crippen LogP contribution in [0.25, 0.3) is 0 Å². The molecule has 0 saturated carbocycles. The van der Waals surface area contributed by atoms with Gasteiger partial charge in [0.2, 0.25) is 0 Å². The van der Waals surface area contributed by atoms with Gasteiger partial charge in [0, 0.05) is 6.42 Å². The molecule has 0 amide bonds. The minimum atomic E-state index is -0.712. The molecule has 0 aliphatic carbocycles. The van der Waals surface area contributed by atoms with Crippen molar-refractivity contribution in [3.8, 4) is 0 Å². The third-order valence-corrected chi connectivity index (χ3v) is 1.44. The van der Waals surface area contributed by atoms with Gasteiger partial charge >= 0.3 is 5.97 Å². The molecule has 0 aromatic rings. The van der Waals surface area contributed by atoms with Crippen LogP contribution in [0.4, 0.5) is 0 Å². The monoisotopic (exact) mass is 146 g/mol. The van der Waals surface area contributed by atoms with Crippen LogP contribution in [0.15, 0.2) is 0 Å². The van der Waals surface area contributed by atoms with Crippen LogP contribution in [0.5, 0.6) is 0 Å². The number of carbonyl (C=O) groups is 1. The van der Waals surface area contributed by atoms with E-state index in [2.05, 4.69) is 0 Å². The molecular formula is C7H16NO2+. The van der Waals surface area contributed by atoms with Crippen LogP contribution in [0, 0.1) is 5.92 Å². The first-order valence-corrected chi connectivity index (χ1v) is 3.60. The van der Waals surface area contributed by atoms with E-state index in [1.807, 2.05) is 13.8 Å². The van der Waals surface area contributed by atoms with Crippen molar-refractivity contribution in [2.24, 2.45) is 5.92 Å². The smallest absolute Gasteiger partial charge is 0.362 e. The molecule has 0 rings (SSSR count). The Bertz CT molecular complexity index is 112. The first kappa shape index (κ1) is 9.43. The molecule has 3 nitrogen and oxygen atoms in total. The van der Waals surface area contributed by atoms with E-state index < -0.39 is 5.97 Å². The Balaban J connectivity index is 3.72. The first-order valence-electron chi connectivity index (χ1n) is 3.60. The van der Waals surface area contributed by atoms with E-state index in [1.165, 1.54) is 0 Å². The van der Waals surface area contributed by atoms with Crippen molar-refractivity contribution in [3.05, 3.63) is 0 Å². The second kappa shape index (κ2) is 4.28. The minimum absolute atomic E-state index is 0.264. The first-order chi connectivity index (χ1) is 4.57. The predicted molar refractivity (Wildman–Crippen MR) is 38.7 cm³/mol. The number of nitrogens with two attached hydrogens (primary N) is 1. The maximum Gasteiger partial charge on any atom is 0.362 e. The number of carboxylic acids is 1. The summed E-state index contributed by atoms with van der Waals surface area (Å²) in [5.41, 5.74) is 0. The zero-order chi connectivity index (χ0) is 8.15. The van der Waals surface area contributed by atoms with E-state index in [9.17, 15) is 4.79 Å². The van der Waals surface area contributed by atoms with Gasteiger partial charge in [-0.25, -0.2) is 4.79 Å². The molecule has 10 heavy (non-hydrogen) atoms. The lowest BCUT2D eigenvalue weighted by molar-refractivity contribution is -0.653. The summed E-state index contributed by atoms with van der Waals surface area (Å²) in [6.45, 7) is 4.05. The van der Waals surface area contributed by atoms with Crippen molar-refractivity contribution < 1.29 is 15.2 Å². The third kappa shape index (κ3) is 3.45. The van der Waals surface area contributed by atoms with Gasteiger partial charge in [0.1, 0.15) is 0 Å². The van der Waals surface area contributed by atoms with Gasteiger partial charge in [-0.3, -0.25) is 0 Å². The van der Waals surface area contributed by atoms with Gasteiger partial charge in [0.05, 0.1) is 7.05 Å². The summed E-state index contributed by atoms with van der Waals surface area (Å²) in [5, 5.41) is 10.3. The Morgan fingerprint density at radius 1 is 1.60 bits per heavy atom. The molecule has 0 fully saturated rings. The fourth-order valence-corrected chi connectivity index (χ4v) is 0.887. The number of quaternary nitrogens is 1. The molecule has 0 saturated heterocycles. The van der Waals surface area contributed by atoms with Crippen LogP contribution in [0.1, 0.15) is 20.3 Å². The summed E-state index contributed by atoms with van der Waals surface area (Å²) in [4.78, 5) is 10.4. The highest BCUT2D eigenvalue weighted by atomic mass is 16.4. The molecule has 3 N–H and O–H groups in total. The van der Waals surface area contributed by atoms with Crippen molar-refractivity contribution >= 4 is 5.97 Å². The fourth-order valence-electron chi connectivity index (χ4n) is 0.887. The summed E-state index contributed by atoms with van der Waals surface area (Å²) >= 11 is 0. The van der Waals surface area contributed by atoms with Crippen LogP contribution in [-0.4, -0.2) is 24.2 Å². The maximum absolute atomic E-state index is 10.4. The molecule has 1 unspecified atom stereocenters. The highest BCUT2D eigenvalue weighted by Crippen LogP contribution is 2.00. The highest BCUT2D eigenvalue weighted by Gasteiger charge is 2.19. The van der Waals surface area contributed by atoms with Gasteiger partial charge in [0.15, 0.2) is 6.04 Å². The van der Waals surface area contributed by atoms with Crippen LogP contribution >= 0.6 is 0 Å². The quantitative estimate of drug-likeness (QED) is 0.571. The number of carboxylic acid groups (broad SMARTS) is 1. The van der Waals surface area contributed by atoms with E-state index in [0.29, 0.717) is 5.92 Å². The van der Waals surface area contributed by atoms with Crippen molar-refractivity contribution in [2.45, 2.75) is 26.3 Å². The molecule has 0 radical (unpaired) electrons. The minimum Gasteiger partial charge on any atom is -0.477 e. The largest absolute Gasteiger partial charge is 0.477 e. The molecule has 0 aliphatic rings. The highest BCUT2D eigenvalue weighted by molar-refractivity contribution is 5.71. The van der Waals surface area contributed by atoms with Gasteiger partial charge in [-0.1, -0.05) is 13.8 Å². The molecule has 0 aromatic heterocycles. The normalized spacial score (nSPS) is 13.6. The summed E-state index contributed by atoms with van der Waals surface area (Å²) in [6, 6.07) is -0.264. The lowest BCUT2D eigenvalue weighted by Crippen LogP contribution is -2.88. The summed E-state index contributed by atoms with van der Waals surface area (Å²) in [5.74, 6) is -0.256. The van der Waals surface area contributed by atoms with Crippen LogP contribution in [0.3, 0.4) is 0 Å². The van der Waals surface area contributed by atoms with Gasteiger partial charge in [-0.05, 0) is 5.92 Å². The third-order valence-electron chi connectivity index (χ3n) is 1.44. The van der Waals surface area contributed by atoms with Crippen molar-refractivity contribution in [1.29, 1.82) is 0 Å². The van der Waals surface area contributed by atoms with Gasteiger partial charge in [0.25, 0.3) is 0 Å². The summed E-state index contributed by atoms with van der Waals surface area (Å²) in [7, 11) is 1.79. The van der Waals surface area contributed by atoms with Crippen LogP contribution in [0.2, 0.25) is 0 Å². The van der Waals surface area contributed by atoms with Gasteiger partial charge in [-0.2, -0.15) is 0 Å². The lowest BCUT2D eigenvalue weighted by atomic mass is 10.0. The van der Waals surface area contributed by atoms with Crippen LogP contribution < -0.4 is 5.32 Å². The Labute approximate surface area is 61.4 Å². The molecule has 0 heterocycles. The number of hydrogen-bond acceptors (Lipinski definition) is 1. The summed E-state index contributed by atoms with van der Waals surface area (Å²) in [6.07, 6.45) is 0.742. The standard InChI is InChI=1S/C7H15NO2/c1-5(2)4-6(8-3)7(9)10/h5-6,8H,4H2,1-3H3,(H,9,10)/p+1. The maximum atomic E-state index is 10.4. The second-order valence-corrected chi connectivity index (χ2v) is 2.91. The van der Waals surface area contributed by atoms with E-state index in [-0.39, 0.29) is 6.04 Å². The Hall–Kier alpha value is -0.570. The molecular weight excluding hydrogens is 130 g/mol. The van der Waals surface area contributed by atoms with Gasteiger partial charge in [-0.15, -0.1) is 0 Å². The average molecular weight is 146 g/mol. The molecule has 0 spiro atoms. The topological polar surface area (TPSA) is 53.9 Å². The lowest BCUT2D eigenvalue weighted by Gasteiger charge is -2.09. The molecule has 0 aliphatic heterocycles. The molecule has 0 bridgehead atoms. The number of rotatable bonds is 4. The Morgan fingerprint density at radius 3 is 2.20 bits per heavy atom. The van der Waals surface area contributed by atoms with E-state index >= 15 is 0 Å². The second-order valence-electron chi connectivity index (χ2n) is 2.91. The van der Waals surface area contributed by atoms with E-state index in [0.717, 1.165) is 6.42 Å². The molecule has 60 valence electrons. The Morgan fingerprint density at radius 2 is 2.10 bits per heavy atom. The van der Waals surface area contributed by atoms with E-state index in [4.69, 9.17) is 5.11 Å². The zero-order valence-electron chi connectivity index (χ0n) is 6.79. The van der Waals surface area contributed by atoms with Crippen LogP contribution in [-0.2, 0) is 4.79 Å². The molecule has 3 heteroatoms. The number of aliphatic carboxylic acids is 1. The fraction of sp³-hybridized carbons (Fsp3) is 0.857. The van der Waals surface area contributed by atoms with Crippen molar-refractivity contribution in [2.75, 3.05) is 7.05 Å². The van der Waals surface area contributed by atoms with Crippen molar-refractivity contribution in [3.63, 3.8) is 0 Å².